The number of carbonyl (C=O) groups is 2. The maximum atomic E-state index is 12.5. The number of amides is 1. The molecular formula is C29H31N5O8. The van der Waals surface area contributed by atoms with Gasteiger partial charge >= 0.3 is 17.9 Å². The van der Waals surface area contributed by atoms with Crippen LogP contribution in [0.3, 0.4) is 0 Å². The number of nitrogens with one attached hydrogen (secondary N) is 2. The predicted octanol–water partition coefficient (Wildman–Crippen LogP) is 3.31. The fraction of sp³-hybridized carbons (Fsp3) is 0.345. The first kappa shape index (κ1) is 28.6. The summed E-state index contributed by atoms with van der Waals surface area (Å²) in [6, 6.07) is 13.4. The van der Waals surface area contributed by atoms with Gasteiger partial charge < -0.3 is 34.4 Å². The largest absolute Gasteiger partial charge is 0.509 e. The SMILES string of the molecule is CNC(=O)O[C@@H]1[C@@H](OC(=O)OC(C)(C)C)CN[C@@H]1Cc1ccc(-c2cn(-c3cc4ccc(O)cc4oc3=O)nn2)cc1. The Kier molecular flexibility index (Phi) is 7.85. The van der Waals surface area contributed by atoms with E-state index in [0.717, 1.165) is 11.1 Å². The Hall–Kier alpha value is -4.91. The minimum Gasteiger partial charge on any atom is -0.508 e. The molecule has 0 spiro atoms. The summed E-state index contributed by atoms with van der Waals surface area (Å²) in [4.78, 5) is 36.9. The molecule has 2 aromatic carbocycles. The molecule has 0 saturated carbocycles. The number of alkyl carbamates (subject to hydrolysis) is 1. The van der Waals surface area contributed by atoms with Crippen molar-refractivity contribution in [2.45, 2.75) is 51.0 Å². The summed E-state index contributed by atoms with van der Waals surface area (Å²) >= 11 is 0. The Balaban J connectivity index is 1.29. The molecule has 1 saturated heterocycles. The van der Waals surface area contributed by atoms with Crippen LogP contribution >= 0.6 is 0 Å². The number of phenols is 1. The van der Waals surface area contributed by atoms with E-state index in [4.69, 9.17) is 18.6 Å². The van der Waals surface area contributed by atoms with Gasteiger partial charge in [-0.15, -0.1) is 5.10 Å². The van der Waals surface area contributed by atoms with E-state index in [2.05, 4.69) is 20.9 Å². The minimum atomic E-state index is -0.835. The van der Waals surface area contributed by atoms with Crippen molar-refractivity contribution in [1.29, 1.82) is 0 Å². The molecule has 3 N–H and O–H groups in total. The second kappa shape index (κ2) is 11.5. The van der Waals surface area contributed by atoms with Crippen LogP contribution in [0.4, 0.5) is 9.59 Å². The zero-order valence-electron chi connectivity index (χ0n) is 23.5. The molecular weight excluding hydrogens is 546 g/mol. The summed E-state index contributed by atoms with van der Waals surface area (Å²) in [6.45, 7) is 5.50. The fourth-order valence-electron chi connectivity index (χ4n) is 4.62. The van der Waals surface area contributed by atoms with E-state index >= 15 is 0 Å². The molecule has 0 bridgehead atoms. The number of benzene rings is 2. The molecule has 2 aromatic heterocycles. The van der Waals surface area contributed by atoms with Crippen LogP contribution in [-0.2, 0) is 20.6 Å². The van der Waals surface area contributed by atoms with E-state index in [0.29, 0.717) is 17.5 Å². The number of hydrogen-bond acceptors (Lipinski definition) is 11. The van der Waals surface area contributed by atoms with Gasteiger partial charge in [0.2, 0.25) is 0 Å². The summed E-state index contributed by atoms with van der Waals surface area (Å²) in [7, 11) is 1.46. The van der Waals surface area contributed by atoms with E-state index in [-0.39, 0.29) is 29.6 Å². The molecule has 42 heavy (non-hydrogen) atoms. The number of ether oxygens (including phenoxy) is 3. The summed E-state index contributed by atoms with van der Waals surface area (Å²) in [5, 5.41) is 24.3. The van der Waals surface area contributed by atoms with Gasteiger partial charge in [-0.1, -0.05) is 29.5 Å². The van der Waals surface area contributed by atoms with Crippen molar-refractivity contribution in [3.05, 3.63) is 70.7 Å². The topological polar surface area (TPSA) is 167 Å². The zero-order chi connectivity index (χ0) is 30.0. The third-order valence-corrected chi connectivity index (χ3v) is 6.58. The lowest BCUT2D eigenvalue weighted by Gasteiger charge is -2.25. The van der Waals surface area contributed by atoms with E-state index < -0.39 is 35.7 Å². The maximum absolute atomic E-state index is 12.5. The number of fused-ring (bicyclic) bond motifs is 1. The second-order valence-electron chi connectivity index (χ2n) is 10.8. The van der Waals surface area contributed by atoms with Crippen molar-refractivity contribution < 1.29 is 33.3 Å². The summed E-state index contributed by atoms with van der Waals surface area (Å²) in [5.74, 6) is -0.00273. The first-order chi connectivity index (χ1) is 20.0. The molecule has 1 aliphatic rings. The number of aromatic nitrogens is 3. The van der Waals surface area contributed by atoms with Crippen molar-refractivity contribution >= 4 is 23.2 Å². The van der Waals surface area contributed by atoms with Gasteiger partial charge in [0.25, 0.3) is 0 Å². The minimum absolute atomic E-state index is 0.00273. The Morgan fingerprint density at radius 1 is 1.14 bits per heavy atom. The highest BCUT2D eigenvalue weighted by Crippen LogP contribution is 2.24. The van der Waals surface area contributed by atoms with Crippen molar-refractivity contribution in [3.63, 3.8) is 0 Å². The fourth-order valence-corrected chi connectivity index (χ4v) is 4.62. The highest BCUT2D eigenvalue weighted by Gasteiger charge is 2.42. The Bertz CT molecular complexity index is 1660. The molecule has 3 atom stereocenters. The van der Waals surface area contributed by atoms with Crippen molar-refractivity contribution in [3.8, 4) is 22.7 Å². The molecule has 1 amide bonds. The summed E-state index contributed by atoms with van der Waals surface area (Å²) in [5.41, 5.74) is 1.35. The lowest BCUT2D eigenvalue weighted by molar-refractivity contribution is -0.0516. The van der Waals surface area contributed by atoms with E-state index in [1.165, 1.54) is 23.9 Å². The van der Waals surface area contributed by atoms with Crippen molar-refractivity contribution in [2.75, 3.05) is 13.6 Å². The number of hydrogen-bond donors (Lipinski definition) is 3. The van der Waals surface area contributed by atoms with Crippen LogP contribution in [0.1, 0.15) is 26.3 Å². The van der Waals surface area contributed by atoms with Gasteiger partial charge in [-0.05, 0) is 51.0 Å². The van der Waals surface area contributed by atoms with Crippen LogP contribution in [0.25, 0.3) is 27.9 Å². The molecule has 13 heteroatoms. The van der Waals surface area contributed by atoms with Crippen LogP contribution in [-0.4, -0.2) is 69.8 Å². The van der Waals surface area contributed by atoms with Crippen molar-refractivity contribution in [2.24, 2.45) is 0 Å². The number of rotatable bonds is 6. The van der Waals surface area contributed by atoms with Crippen molar-refractivity contribution in [1.82, 2.24) is 25.6 Å². The molecule has 0 unspecified atom stereocenters. The quantitative estimate of drug-likeness (QED) is 0.227. The van der Waals surface area contributed by atoms with Gasteiger partial charge in [0.15, 0.2) is 17.9 Å². The van der Waals surface area contributed by atoms with Crippen LogP contribution in [0.15, 0.2) is 63.9 Å². The highest BCUT2D eigenvalue weighted by atomic mass is 16.7. The van der Waals surface area contributed by atoms with Gasteiger partial charge in [-0.3, -0.25) is 0 Å². The van der Waals surface area contributed by atoms with Crippen LogP contribution in [0.2, 0.25) is 0 Å². The number of aromatic hydroxyl groups is 1. The average Bonchev–Trinajstić information content (AvgIpc) is 3.55. The van der Waals surface area contributed by atoms with Gasteiger partial charge in [0.05, 0.1) is 12.2 Å². The van der Waals surface area contributed by atoms with Gasteiger partial charge in [-0.25, -0.2) is 19.1 Å². The molecule has 5 rings (SSSR count). The van der Waals surface area contributed by atoms with Gasteiger partial charge in [-0.2, -0.15) is 0 Å². The zero-order valence-corrected chi connectivity index (χ0v) is 23.5. The number of nitrogens with zero attached hydrogens (tertiary/aromatic N) is 3. The van der Waals surface area contributed by atoms with E-state index in [1.54, 1.807) is 39.1 Å². The van der Waals surface area contributed by atoms with Gasteiger partial charge in [0.1, 0.15) is 22.6 Å². The van der Waals surface area contributed by atoms with E-state index in [9.17, 15) is 19.5 Å². The predicted molar refractivity (Wildman–Crippen MR) is 150 cm³/mol. The third kappa shape index (κ3) is 6.52. The van der Waals surface area contributed by atoms with Crippen LogP contribution in [0, 0.1) is 0 Å². The average molecular weight is 578 g/mol. The molecule has 0 aliphatic carbocycles. The lowest BCUT2D eigenvalue weighted by atomic mass is 10.00. The molecule has 220 valence electrons. The first-order valence-electron chi connectivity index (χ1n) is 13.3. The number of carbonyl (C=O) groups excluding carboxylic acids is 2. The standard InChI is InChI=1S/C29H31N5O8/c1-29(2,3)42-28(38)40-24-14-31-20(25(24)41-27(37)30-4)11-16-5-7-17(8-6-16)21-15-34(33-32-21)22-12-18-9-10-19(35)13-23(18)39-26(22)36/h5-10,12-13,15,20,24-25,31,35H,11,14H2,1-4H3,(H,30,37)/t20-,24+,25+/m1/s1. The Morgan fingerprint density at radius 3 is 2.62 bits per heavy atom. The monoisotopic (exact) mass is 577 g/mol. The first-order valence-corrected chi connectivity index (χ1v) is 13.3. The van der Waals surface area contributed by atoms with Crippen LogP contribution in [0.5, 0.6) is 5.75 Å². The second-order valence-corrected chi connectivity index (χ2v) is 10.8. The molecule has 3 heterocycles. The molecule has 1 aliphatic heterocycles. The highest BCUT2D eigenvalue weighted by molar-refractivity contribution is 5.79. The lowest BCUT2D eigenvalue weighted by Crippen LogP contribution is -2.42. The number of phenolic OH excluding ortho intramolecular Hbond substituents is 1. The normalized spacial score (nSPS) is 18.5. The summed E-state index contributed by atoms with van der Waals surface area (Å²) in [6.07, 6.45) is -0.833. The maximum Gasteiger partial charge on any atom is 0.509 e. The van der Waals surface area contributed by atoms with Crippen LogP contribution < -0.4 is 16.3 Å². The molecule has 1 fully saturated rings. The third-order valence-electron chi connectivity index (χ3n) is 6.58. The Labute approximate surface area is 240 Å². The Morgan fingerprint density at radius 2 is 1.90 bits per heavy atom. The van der Waals surface area contributed by atoms with E-state index in [1.807, 2.05) is 24.3 Å². The smallest absolute Gasteiger partial charge is 0.508 e. The molecule has 0 radical (unpaired) electrons. The van der Waals surface area contributed by atoms with Gasteiger partial charge in [0, 0.05) is 30.6 Å². The molecule has 13 nitrogen and oxygen atoms in total. The molecule has 4 aromatic rings. The summed E-state index contributed by atoms with van der Waals surface area (Å²) < 4.78 is 23.0.